The van der Waals surface area contributed by atoms with Crippen LogP contribution in [0.25, 0.3) is 0 Å². The molecule has 1 saturated heterocycles. The maximum absolute atomic E-state index is 12.7. The summed E-state index contributed by atoms with van der Waals surface area (Å²) in [5.74, 6) is 0.497. The van der Waals surface area contributed by atoms with E-state index in [1.54, 1.807) is 28.0 Å². The van der Waals surface area contributed by atoms with Crippen LogP contribution in [0.4, 0.5) is 0 Å². The average molecular weight is 391 g/mol. The van der Waals surface area contributed by atoms with Crippen molar-refractivity contribution in [2.75, 3.05) is 32.5 Å². The van der Waals surface area contributed by atoms with Gasteiger partial charge in [0.25, 0.3) is 0 Å². The molecular formula is C19H22N2O3S2. The summed E-state index contributed by atoms with van der Waals surface area (Å²) < 4.78 is 4.81. The summed E-state index contributed by atoms with van der Waals surface area (Å²) in [7, 11) is 1.39. The molecule has 1 aromatic heterocycles. The highest BCUT2D eigenvalue weighted by molar-refractivity contribution is 8.00. The Morgan fingerprint density at radius 1 is 1.27 bits per heavy atom. The lowest BCUT2D eigenvalue weighted by Crippen LogP contribution is -2.48. The summed E-state index contributed by atoms with van der Waals surface area (Å²) in [6.07, 6.45) is 0. The summed E-state index contributed by atoms with van der Waals surface area (Å²) in [5.41, 5.74) is 1.13. The Labute approximate surface area is 161 Å². The van der Waals surface area contributed by atoms with E-state index in [0.717, 1.165) is 11.3 Å². The molecule has 0 aliphatic carbocycles. The van der Waals surface area contributed by atoms with Crippen LogP contribution >= 0.6 is 23.1 Å². The van der Waals surface area contributed by atoms with E-state index in [1.165, 1.54) is 12.0 Å². The Balaban J connectivity index is 1.64. The third kappa shape index (κ3) is 4.66. The second-order valence-corrected chi connectivity index (χ2v) is 8.25. The number of nitrogens with zero attached hydrogens (tertiary/aromatic N) is 1. The lowest BCUT2D eigenvalue weighted by molar-refractivity contribution is -0.141. The van der Waals surface area contributed by atoms with Crippen molar-refractivity contribution in [3.05, 3.63) is 58.3 Å². The van der Waals surface area contributed by atoms with Crippen molar-refractivity contribution >= 4 is 35.0 Å². The monoisotopic (exact) mass is 390 g/mol. The van der Waals surface area contributed by atoms with Crippen molar-refractivity contribution in [2.45, 2.75) is 11.3 Å². The summed E-state index contributed by atoms with van der Waals surface area (Å²) in [6.45, 7) is 1.30. The second kappa shape index (κ2) is 9.21. The van der Waals surface area contributed by atoms with Gasteiger partial charge in [0.15, 0.2) is 0 Å². The van der Waals surface area contributed by atoms with Crippen molar-refractivity contribution in [2.24, 2.45) is 0 Å². The zero-order chi connectivity index (χ0) is 18.4. The van der Waals surface area contributed by atoms with Crippen LogP contribution in [0.3, 0.4) is 0 Å². The third-order valence-corrected chi connectivity index (χ3v) is 6.40. The summed E-state index contributed by atoms with van der Waals surface area (Å²) >= 11 is 3.22. The van der Waals surface area contributed by atoms with E-state index in [-0.39, 0.29) is 29.7 Å². The van der Waals surface area contributed by atoms with Gasteiger partial charge < -0.3 is 9.64 Å². The molecule has 138 valence electrons. The fraction of sp³-hybridized carbons (Fsp3) is 0.368. The highest BCUT2D eigenvalue weighted by Gasteiger charge is 2.29. The molecule has 7 heteroatoms. The Morgan fingerprint density at radius 3 is 2.77 bits per heavy atom. The van der Waals surface area contributed by atoms with Gasteiger partial charge in [-0.25, -0.2) is 0 Å². The third-order valence-electron chi connectivity index (χ3n) is 4.30. The smallest absolute Gasteiger partial charge is 0.320 e. The molecule has 5 nitrogen and oxygen atoms in total. The van der Waals surface area contributed by atoms with E-state index < -0.39 is 0 Å². The number of hydrogen-bond donors (Lipinski definition) is 1. The molecule has 26 heavy (non-hydrogen) atoms. The number of esters is 1. The molecule has 0 spiro atoms. The summed E-state index contributed by atoms with van der Waals surface area (Å²) in [4.78, 5) is 27.3. The molecule has 1 fully saturated rings. The van der Waals surface area contributed by atoms with Crippen LogP contribution in [0, 0.1) is 0 Å². The molecule has 3 rings (SSSR count). The maximum atomic E-state index is 12.7. The molecule has 1 amide bonds. The van der Waals surface area contributed by atoms with Crippen LogP contribution in [-0.2, 0) is 14.3 Å². The Bertz CT molecular complexity index is 722. The Morgan fingerprint density at radius 2 is 2.08 bits per heavy atom. The van der Waals surface area contributed by atoms with Crippen molar-refractivity contribution in [3.8, 4) is 0 Å². The van der Waals surface area contributed by atoms with Gasteiger partial charge in [0.05, 0.1) is 19.7 Å². The van der Waals surface area contributed by atoms with E-state index in [1.807, 2.05) is 29.6 Å². The zero-order valence-electron chi connectivity index (χ0n) is 14.6. The van der Waals surface area contributed by atoms with Crippen LogP contribution in [0.2, 0.25) is 0 Å². The molecule has 0 radical (unpaired) electrons. The number of amides is 1. The van der Waals surface area contributed by atoms with Crippen molar-refractivity contribution in [1.82, 2.24) is 10.2 Å². The number of hydrogen-bond acceptors (Lipinski definition) is 6. The molecule has 1 N–H and O–H groups in total. The molecule has 0 saturated carbocycles. The highest BCUT2D eigenvalue weighted by Crippen LogP contribution is 2.26. The van der Waals surface area contributed by atoms with Gasteiger partial charge in [-0.3, -0.25) is 14.9 Å². The van der Waals surface area contributed by atoms with Gasteiger partial charge in [0, 0.05) is 23.7 Å². The largest absolute Gasteiger partial charge is 0.468 e. The first-order valence-electron chi connectivity index (χ1n) is 8.48. The van der Waals surface area contributed by atoms with Crippen LogP contribution in [0.5, 0.6) is 0 Å². The number of methoxy groups -OCH3 is 1. The van der Waals surface area contributed by atoms with E-state index in [4.69, 9.17) is 4.74 Å². The quantitative estimate of drug-likeness (QED) is 0.768. The van der Waals surface area contributed by atoms with Crippen molar-refractivity contribution in [1.29, 1.82) is 0 Å². The number of thioether (sulfide) groups is 1. The fourth-order valence-electron chi connectivity index (χ4n) is 2.93. The lowest BCUT2D eigenvalue weighted by Gasteiger charge is -2.31. The number of carbonyl (C=O) groups excluding carboxylic acids is 2. The molecule has 0 unspecified atom stereocenters. The van der Waals surface area contributed by atoms with Gasteiger partial charge in [0.2, 0.25) is 5.91 Å². The number of thiophene rings is 1. The molecule has 1 aliphatic rings. The van der Waals surface area contributed by atoms with Gasteiger partial charge >= 0.3 is 5.97 Å². The minimum Gasteiger partial charge on any atom is -0.468 e. The van der Waals surface area contributed by atoms with Gasteiger partial charge in [-0.1, -0.05) is 36.4 Å². The predicted molar refractivity (Wildman–Crippen MR) is 105 cm³/mol. The van der Waals surface area contributed by atoms with Crippen LogP contribution in [0.1, 0.15) is 16.5 Å². The maximum Gasteiger partial charge on any atom is 0.320 e. The van der Waals surface area contributed by atoms with Crippen LogP contribution < -0.4 is 5.32 Å². The first kappa shape index (κ1) is 18.9. The number of rotatable bonds is 6. The van der Waals surface area contributed by atoms with Gasteiger partial charge in [0.1, 0.15) is 5.25 Å². The highest BCUT2D eigenvalue weighted by atomic mass is 32.2. The van der Waals surface area contributed by atoms with Crippen LogP contribution in [0.15, 0.2) is 47.8 Å². The molecule has 2 heterocycles. The van der Waals surface area contributed by atoms with Crippen LogP contribution in [-0.4, -0.2) is 54.5 Å². The van der Waals surface area contributed by atoms with Gasteiger partial charge in [-0.15, -0.1) is 23.1 Å². The Kier molecular flexibility index (Phi) is 6.71. The molecule has 2 atom stereocenters. The van der Waals surface area contributed by atoms with Crippen molar-refractivity contribution < 1.29 is 14.3 Å². The summed E-state index contributed by atoms with van der Waals surface area (Å²) in [6, 6.07) is 14.2. The summed E-state index contributed by atoms with van der Waals surface area (Å²) in [5, 5.41) is 5.14. The second-order valence-electron chi connectivity index (χ2n) is 5.96. The number of carbonyl (C=O) groups is 2. The average Bonchev–Trinajstić information content (AvgIpc) is 3.23. The number of ether oxygens (including phenoxy) is 1. The normalized spacial score (nSPS) is 18.3. The zero-order valence-corrected chi connectivity index (χ0v) is 16.2. The van der Waals surface area contributed by atoms with Crippen molar-refractivity contribution in [3.63, 3.8) is 0 Å². The van der Waals surface area contributed by atoms with E-state index in [2.05, 4.69) is 23.5 Å². The first-order valence-corrected chi connectivity index (χ1v) is 10.4. The standard InChI is InChI=1S/C19H22N2O3S2/c1-24-19(23)16-13-21(9-11-26-16)17(22)12-20-18(15-8-5-10-25-15)14-6-3-2-4-7-14/h2-8,10,16,18,20H,9,11-13H2,1H3/t16-,18-/m1/s1. The SMILES string of the molecule is COC(=O)[C@H]1CN(C(=O)CN[C@H](c2ccccc2)c2cccs2)CCS1. The Hall–Kier alpha value is -1.83. The molecule has 0 bridgehead atoms. The molecular weight excluding hydrogens is 368 g/mol. The topological polar surface area (TPSA) is 58.6 Å². The van der Waals surface area contributed by atoms with E-state index >= 15 is 0 Å². The molecule has 2 aromatic rings. The minimum absolute atomic E-state index is 0.0108. The minimum atomic E-state index is -0.292. The van der Waals surface area contributed by atoms with Gasteiger partial charge in [-0.2, -0.15) is 0 Å². The van der Waals surface area contributed by atoms with E-state index in [9.17, 15) is 9.59 Å². The lowest BCUT2D eigenvalue weighted by atomic mass is 10.1. The van der Waals surface area contributed by atoms with E-state index in [0.29, 0.717) is 13.1 Å². The number of benzene rings is 1. The fourth-order valence-corrected chi connectivity index (χ4v) is 4.89. The predicted octanol–water partition coefficient (Wildman–Crippen LogP) is 2.54. The molecule has 1 aromatic carbocycles. The van der Waals surface area contributed by atoms with Gasteiger partial charge in [-0.05, 0) is 17.0 Å². The number of nitrogens with one attached hydrogen (secondary N) is 1. The molecule has 1 aliphatic heterocycles. The first-order chi connectivity index (χ1) is 12.7.